The number of rotatable bonds is 7. The molecule has 1 rings (SSSR count). The van der Waals surface area contributed by atoms with Crippen LogP contribution in [-0.2, 0) is 4.74 Å². The molecule has 0 aliphatic heterocycles. The number of hydrogen-bond acceptors (Lipinski definition) is 3. The van der Waals surface area contributed by atoms with Gasteiger partial charge in [0.2, 0.25) is 0 Å². The van der Waals surface area contributed by atoms with E-state index in [1.54, 1.807) is 19.2 Å². The van der Waals surface area contributed by atoms with Crippen molar-refractivity contribution in [2.45, 2.75) is 19.3 Å². The highest BCUT2D eigenvalue weighted by Gasteiger charge is 2.00. The Bertz CT molecular complexity index is 387. The first-order valence-corrected chi connectivity index (χ1v) is 6.08. The minimum absolute atomic E-state index is 0.584. The van der Waals surface area contributed by atoms with Crippen LogP contribution in [0.2, 0.25) is 5.02 Å². The number of unbranched alkanes of at least 4 members (excludes halogenated alkanes) is 2. The van der Waals surface area contributed by atoms with Crippen LogP contribution in [0.5, 0.6) is 0 Å². The number of nitrogens with one attached hydrogen (secondary N) is 1. The van der Waals surface area contributed by atoms with Gasteiger partial charge in [-0.3, -0.25) is 0 Å². The largest absolute Gasteiger partial charge is 0.385 e. The van der Waals surface area contributed by atoms with Crippen molar-refractivity contribution in [1.82, 2.24) is 0 Å². The van der Waals surface area contributed by atoms with Gasteiger partial charge in [-0.15, -0.1) is 0 Å². The summed E-state index contributed by atoms with van der Waals surface area (Å²) in [6.07, 6.45) is 3.30. The Balaban J connectivity index is 2.30. The quantitative estimate of drug-likeness (QED) is 0.756. The van der Waals surface area contributed by atoms with E-state index in [1.165, 1.54) is 0 Å². The van der Waals surface area contributed by atoms with Crippen LogP contribution in [0.25, 0.3) is 0 Å². The molecule has 0 saturated heterocycles. The molecular weight excluding hydrogens is 236 g/mol. The maximum Gasteiger partial charge on any atom is 0.0992 e. The van der Waals surface area contributed by atoms with Crippen molar-refractivity contribution >= 4 is 17.3 Å². The minimum Gasteiger partial charge on any atom is -0.385 e. The Labute approximate surface area is 107 Å². The molecule has 0 unspecified atom stereocenters. The third kappa shape index (κ3) is 5.08. The van der Waals surface area contributed by atoms with E-state index in [-0.39, 0.29) is 0 Å². The van der Waals surface area contributed by atoms with Crippen LogP contribution in [0, 0.1) is 11.3 Å². The molecule has 1 aromatic carbocycles. The second-order valence-corrected chi connectivity index (χ2v) is 4.19. The summed E-state index contributed by atoms with van der Waals surface area (Å²) in [6, 6.07) is 7.34. The third-order valence-electron chi connectivity index (χ3n) is 2.44. The Kier molecular flexibility index (Phi) is 6.46. The van der Waals surface area contributed by atoms with Crippen LogP contribution >= 0.6 is 11.6 Å². The summed E-state index contributed by atoms with van der Waals surface area (Å²) in [7, 11) is 1.72. The molecule has 0 radical (unpaired) electrons. The third-order valence-corrected chi connectivity index (χ3v) is 2.75. The molecule has 0 aliphatic carbocycles. The van der Waals surface area contributed by atoms with Gasteiger partial charge in [0.15, 0.2) is 0 Å². The predicted molar refractivity (Wildman–Crippen MR) is 70.4 cm³/mol. The molecule has 0 spiro atoms. The summed E-state index contributed by atoms with van der Waals surface area (Å²) in [5.74, 6) is 0. The first-order valence-electron chi connectivity index (χ1n) is 5.70. The molecule has 0 heterocycles. The van der Waals surface area contributed by atoms with Crippen molar-refractivity contribution in [2.75, 3.05) is 25.6 Å². The van der Waals surface area contributed by atoms with E-state index in [2.05, 4.69) is 11.4 Å². The van der Waals surface area contributed by atoms with Crippen molar-refractivity contribution in [1.29, 1.82) is 5.26 Å². The molecular formula is C13H17ClN2O. The zero-order chi connectivity index (χ0) is 12.5. The van der Waals surface area contributed by atoms with E-state index in [4.69, 9.17) is 21.6 Å². The number of halogens is 1. The second kappa shape index (κ2) is 7.94. The Morgan fingerprint density at radius 1 is 1.35 bits per heavy atom. The average molecular weight is 253 g/mol. The number of nitrogens with zero attached hydrogens (tertiary/aromatic N) is 1. The fraction of sp³-hybridized carbons (Fsp3) is 0.462. The van der Waals surface area contributed by atoms with Crippen LogP contribution in [0.4, 0.5) is 5.69 Å². The SMILES string of the molecule is COCCCCCNc1ccc(C#N)cc1Cl. The van der Waals surface area contributed by atoms with Gasteiger partial charge in [0, 0.05) is 20.3 Å². The Morgan fingerprint density at radius 3 is 2.82 bits per heavy atom. The van der Waals surface area contributed by atoms with Gasteiger partial charge >= 0.3 is 0 Å². The zero-order valence-corrected chi connectivity index (χ0v) is 10.8. The molecule has 0 saturated carbocycles. The van der Waals surface area contributed by atoms with Crippen molar-refractivity contribution in [2.24, 2.45) is 0 Å². The normalized spacial score (nSPS) is 9.94. The summed E-state index contributed by atoms with van der Waals surface area (Å²) < 4.78 is 4.98. The van der Waals surface area contributed by atoms with Gasteiger partial charge in [0.25, 0.3) is 0 Å². The molecule has 0 aromatic heterocycles. The van der Waals surface area contributed by atoms with Crippen LogP contribution < -0.4 is 5.32 Å². The van der Waals surface area contributed by atoms with Crippen molar-refractivity contribution in [3.05, 3.63) is 28.8 Å². The smallest absolute Gasteiger partial charge is 0.0992 e. The minimum atomic E-state index is 0.584. The summed E-state index contributed by atoms with van der Waals surface area (Å²) in [6.45, 7) is 1.70. The van der Waals surface area contributed by atoms with Crippen molar-refractivity contribution in [3.63, 3.8) is 0 Å². The molecule has 3 nitrogen and oxygen atoms in total. The molecule has 1 aromatic rings. The number of anilines is 1. The van der Waals surface area contributed by atoms with Gasteiger partial charge in [-0.2, -0.15) is 5.26 Å². The van der Waals surface area contributed by atoms with Crippen LogP contribution in [-0.4, -0.2) is 20.3 Å². The Morgan fingerprint density at radius 2 is 2.18 bits per heavy atom. The standard InChI is InChI=1S/C13H17ClN2O/c1-17-8-4-2-3-7-16-13-6-5-11(10-15)9-12(13)14/h5-6,9,16H,2-4,7-8H2,1H3. The number of ether oxygens (including phenoxy) is 1. The van der Waals surface area contributed by atoms with Crippen LogP contribution in [0.15, 0.2) is 18.2 Å². The second-order valence-electron chi connectivity index (χ2n) is 3.79. The fourth-order valence-corrected chi connectivity index (χ4v) is 1.75. The molecule has 4 heteroatoms. The highest BCUT2D eigenvalue weighted by Crippen LogP contribution is 2.22. The lowest BCUT2D eigenvalue weighted by Crippen LogP contribution is -2.02. The van der Waals surface area contributed by atoms with Crippen molar-refractivity contribution < 1.29 is 4.74 Å². The Hall–Kier alpha value is -1.24. The monoisotopic (exact) mass is 252 g/mol. The van der Waals surface area contributed by atoms with Gasteiger partial charge in [0.1, 0.15) is 0 Å². The summed E-state index contributed by atoms with van der Waals surface area (Å²) in [5, 5.41) is 12.6. The first kappa shape index (κ1) is 13.8. The molecule has 0 aliphatic rings. The number of methoxy groups -OCH3 is 1. The van der Waals surface area contributed by atoms with Gasteiger partial charge in [-0.25, -0.2) is 0 Å². The maximum atomic E-state index is 8.71. The molecule has 92 valence electrons. The highest BCUT2D eigenvalue weighted by atomic mass is 35.5. The summed E-state index contributed by atoms with van der Waals surface area (Å²) in [4.78, 5) is 0. The molecule has 0 amide bonds. The zero-order valence-electron chi connectivity index (χ0n) is 10.0. The maximum absolute atomic E-state index is 8.71. The lowest BCUT2D eigenvalue weighted by Gasteiger charge is -2.08. The van der Waals surface area contributed by atoms with E-state index >= 15 is 0 Å². The lowest BCUT2D eigenvalue weighted by atomic mass is 10.2. The van der Waals surface area contributed by atoms with E-state index in [1.807, 2.05) is 6.07 Å². The fourth-order valence-electron chi connectivity index (χ4n) is 1.50. The van der Waals surface area contributed by atoms with E-state index in [0.717, 1.165) is 38.1 Å². The van der Waals surface area contributed by atoms with Crippen LogP contribution in [0.3, 0.4) is 0 Å². The average Bonchev–Trinajstić information content (AvgIpc) is 2.35. The lowest BCUT2D eigenvalue weighted by molar-refractivity contribution is 0.192. The summed E-state index contributed by atoms with van der Waals surface area (Å²) >= 11 is 6.04. The topological polar surface area (TPSA) is 45.0 Å². The van der Waals surface area contributed by atoms with Gasteiger partial charge in [0.05, 0.1) is 22.3 Å². The molecule has 1 N–H and O–H groups in total. The van der Waals surface area contributed by atoms with Crippen LogP contribution in [0.1, 0.15) is 24.8 Å². The predicted octanol–water partition coefficient (Wildman–Crippen LogP) is 3.44. The number of hydrogen-bond donors (Lipinski definition) is 1. The van der Waals surface area contributed by atoms with Gasteiger partial charge < -0.3 is 10.1 Å². The highest BCUT2D eigenvalue weighted by molar-refractivity contribution is 6.33. The van der Waals surface area contributed by atoms with E-state index in [9.17, 15) is 0 Å². The number of nitriles is 1. The summed E-state index contributed by atoms with van der Waals surface area (Å²) in [5.41, 5.74) is 1.47. The molecule has 0 atom stereocenters. The molecule has 0 bridgehead atoms. The van der Waals surface area contributed by atoms with E-state index < -0.39 is 0 Å². The van der Waals surface area contributed by atoms with Crippen molar-refractivity contribution in [3.8, 4) is 6.07 Å². The number of benzene rings is 1. The van der Waals surface area contributed by atoms with Gasteiger partial charge in [-0.1, -0.05) is 11.6 Å². The van der Waals surface area contributed by atoms with Gasteiger partial charge in [-0.05, 0) is 37.5 Å². The molecule has 0 fully saturated rings. The first-order chi connectivity index (χ1) is 8.27. The van der Waals surface area contributed by atoms with E-state index in [0.29, 0.717) is 10.6 Å². The molecule has 17 heavy (non-hydrogen) atoms.